The van der Waals surface area contributed by atoms with E-state index in [1.165, 1.54) is 6.92 Å². The van der Waals surface area contributed by atoms with Crippen LogP contribution in [0.4, 0.5) is 5.82 Å². The van der Waals surface area contributed by atoms with Gasteiger partial charge in [0.05, 0.1) is 0 Å². The number of aliphatic carboxylic acids is 1. The first-order valence-electron chi connectivity index (χ1n) is 13.7. The molecule has 226 valence electrons. The lowest BCUT2D eigenvalue weighted by Gasteiger charge is -2.24. The molecular weight excluding hydrogens is 618 g/mol. The van der Waals surface area contributed by atoms with E-state index in [4.69, 9.17) is 0 Å². The second-order valence-electron chi connectivity index (χ2n) is 9.85. The largest absolute Gasteiger partial charge is 0.481 e. The van der Waals surface area contributed by atoms with Crippen molar-refractivity contribution in [3.8, 4) is 0 Å². The molecule has 0 radical (unpaired) electrons. The van der Waals surface area contributed by atoms with E-state index in [-0.39, 0.29) is 37.4 Å². The lowest BCUT2D eigenvalue weighted by molar-refractivity contribution is -0.138. The van der Waals surface area contributed by atoms with Crippen molar-refractivity contribution >= 4 is 51.3 Å². The van der Waals surface area contributed by atoms with Gasteiger partial charge in [0.2, 0.25) is 23.6 Å². The SMILES string of the molecule is C[C@@H](NC(=O)CCc1ccccc1)C(=O)N[C@@H](Cc1ccccc1)C(=O)N[C@@H](CCC(=O)O)C(=O)Nc1cccc(Br)n1. The minimum absolute atomic E-state index is 0.0908. The highest BCUT2D eigenvalue weighted by Crippen LogP contribution is 2.12. The standard InChI is InChI=1S/C31H34BrN5O6/c1-20(33-27(38)17-15-21-9-4-2-5-10-21)29(41)35-24(19-22-11-6-3-7-12-22)31(43)34-23(16-18-28(39)40)30(42)37-26-14-8-13-25(32)36-26/h2-14,20,23-24H,15-19H2,1H3,(H,33,38)(H,34,43)(H,35,41)(H,39,40)(H,36,37,42)/t20-,23+,24+/m1/s1. The number of carbonyl (C=O) groups excluding carboxylic acids is 4. The van der Waals surface area contributed by atoms with Crippen molar-refractivity contribution in [1.29, 1.82) is 0 Å². The van der Waals surface area contributed by atoms with Gasteiger partial charge in [-0.1, -0.05) is 66.7 Å². The maximum atomic E-state index is 13.5. The average molecular weight is 653 g/mol. The number of carboxylic acids is 1. The Bertz CT molecular complexity index is 1410. The molecule has 0 saturated heterocycles. The van der Waals surface area contributed by atoms with Crippen molar-refractivity contribution in [3.63, 3.8) is 0 Å². The number of carbonyl (C=O) groups is 5. The van der Waals surface area contributed by atoms with Crippen LogP contribution in [0.3, 0.4) is 0 Å². The molecule has 0 bridgehead atoms. The second kappa shape index (κ2) is 16.8. The zero-order valence-corrected chi connectivity index (χ0v) is 25.2. The quantitative estimate of drug-likeness (QED) is 0.158. The first kappa shape index (κ1) is 32.9. The first-order chi connectivity index (χ1) is 20.6. The van der Waals surface area contributed by atoms with E-state index >= 15 is 0 Å². The van der Waals surface area contributed by atoms with Crippen LogP contribution in [-0.2, 0) is 36.8 Å². The molecule has 1 heterocycles. The van der Waals surface area contributed by atoms with Crippen LogP contribution in [0.5, 0.6) is 0 Å². The van der Waals surface area contributed by atoms with Gasteiger partial charge in [-0.15, -0.1) is 0 Å². The molecule has 5 N–H and O–H groups in total. The van der Waals surface area contributed by atoms with Crippen LogP contribution in [-0.4, -0.2) is 57.8 Å². The van der Waals surface area contributed by atoms with Gasteiger partial charge >= 0.3 is 5.97 Å². The van der Waals surface area contributed by atoms with Gasteiger partial charge in [-0.05, 0) is 59.0 Å². The number of nitrogens with zero attached hydrogens (tertiary/aromatic N) is 1. The minimum atomic E-state index is -1.23. The molecule has 3 aromatic rings. The molecule has 0 saturated carbocycles. The molecule has 12 heteroatoms. The Hall–Kier alpha value is -4.58. The van der Waals surface area contributed by atoms with E-state index in [0.717, 1.165) is 11.1 Å². The summed E-state index contributed by atoms with van der Waals surface area (Å²) in [5.41, 5.74) is 1.74. The number of halogens is 1. The molecular formula is C31H34BrN5O6. The van der Waals surface area contributed by atoms with Crippen LogP contribution in [0.2, 0.25) is 0 Å². The van der Waals surface area contributed by atoms with Crippen molar-refractivity contribution in [2.24, 2.45) is 0 Å². The van der Waals surface area contributed by atoms with E-state index in [2.05, 4.69) is 42.2 Å². The number of anilines is 1. The van der Waals surface area contributed by atoms with Crippen molar-refractivity contribution in [2.75, 3.05) is 5.32 Å². The summed E-state index contributed by atoms with van der Waals surface area (Å²) >= 11 is 3.22. The maximum Gasteiger partial charge on any atom is 0.303 e. The summed E-state index contributed by atoms with van der Waals surface area (Å²) in [6.45, 7) is 1.52. The number of carboxylic acid groups (broad SMARTS) is 1. The molecule has 43 heavy (non-hydrogen) atoms. The third-order valence-electron chi connectivity index (χ3n) is 6.42. The molecule has 0 aliphatic carbocycles. The van der Waals surface area contributed by atoms with Crippen molar-refractivity contribution in [2.45, 2.75) is 57.2 Å². The number of hydrogen-bond acceptors (Lipinski definition) is 6. The summed E-state index contributed by atoms with van der Waals surface area (Å²) in [5.74, 6) is -3.19. The Balaban J connectivity index is 1.69. The Morgan fingerprint density at radius 3 is 2.00 bits per heavy atom. The number of amides is 4. The number of hydrogen-bond donors (Lipinski definition) is 5. The van der Waals surface area contributed by atoms with Gasteiger partial charge in [-0.25, -0.2) is 4.98 Å². The van der Waals surface area contributed by atoms with E-state index in [0.29, 0.717) is 11.0 Å². The molecule has 0 aliphatic rings. The maximum absolute atomic E-state index is 13.5. The normalized spacial score (nSPS) is 12.7. The summed E-state index contributed by atoms with van der Waals surface area (Å²) in [4.78, 5) is 67.5. The zero-order valence-electron chi connectivity index (χ0n) is 23.6. The van der Waals surface area contributed by atoms with Gasteiger partial charge in [-0.2, -0.15) is 0 Å². The predicted molar refractivity (Wildman–Crippen MR) is 164 cm³/mol. The Kier molecular flexibility index (Phi) is 12.8. The summed E-state index contributed by atoms with van der Waals surface area (Å²) in [5, 5.41) is 19.7. The molecule has 2 aromatic carbocycles. The molecule has 11 nitrogen and oxygen atoms in total. The number of aromatic nitrogens is 1. The first-order valence-corrected chi connectivity index (χ1v) is 14.5. The van der Waals surface area contributed by atoms with E-state index < -0.39 is 41.8 Å². The van der Waals surface area contributed by atoms with Crippen LogP contribution >= 0.6 is 15.9 Å². The van der Waals surface area contributed by atoms with Crippen LogP contribution in [0.15, 0.2) is 83.5 Å². The van der Waals surface area contributed by atoms with E-state index in [9.17, 15) is 29.1 Å². The molecule has 0 aliphatic heterocycles. The Morgan fingerprint density at radius 2 is 1.37 bits per heavy atom. The fourth-order valence-electron chi connectivity index (χ4n) is 4.14. The molecule has 3 rings (SSSR count). The number of rotatable bonds is 15. The van der Waals surface area contributed by atoms with Gasteiger partial charge in [0.15, 0.2) is 0 Å². The molecule has 1 aromatic heterocycles. The third-order valence-corrected chi connectivity index (χ3v) is 6.86. The fraction of sp³-hybridized carbons (Fsp3) is 0.290. The smallest absolute Gasteiger partial charge is 0.303 e. The summed E-state index contributed by atoms with van der Waals surface area (Å²) in [6, 6.07) is 20.0. The zero-order chi connectivity index (χ0) is 31.2. The monoisotopic (exact) mass is 651 g/mol. The van der Waals surface area contributed by atoms with Crippen LogP contribution in [0, 0.1) is 0 Å². The number of nitrogens with one attached hydrogen (secondary N) is 4. The fourth-order valence-corrected chi connectivity index (χ4v) is 4.48. The average Bonchev–Trinajstić information content (AvgIpc) is 2.98. The van der Waals surface area contributed by atoms with Gasteiger partial charge in [0.25, 0.3) is 0 Å². The van der Waals surface area contributed by atoms with Crippen molar-refractivity contribution < 1.29 is 29.1 Å². The highest BCUT2D eigenvalue weighted by molar-refractivity contribution is 9.10. The molecule has 4 amide bonds. The number of aryl methyl sites for hydroxylation is 1. The number of pyridine rings is 1. The summed E-state index contributed by atoms with van der Waals surface area (Å²) in [6.07, 6.45) is 0.207. The lowest BCUT2D eigenvalue weighted by Crippen LogP contribution is -2.56. The van der Waals surface area contributed by atoms with Crippen LogP contribution in [0.25, 0.3) is 0 Å². The lowest BCUT2D eigenvalue weighted by atomic mass is 10.0. The van der Waals surface area contributed by atoms with E-state index in [1.807, 2.05) is 36.4 Å². The summed E-state index contributed by atoms with van der Waals surface area (Å²) < 4.78 is 0.475. The molecule has 0 unspecified atom stereocenters. The van der Waals surface area contributed by atoms with Gasteiger partial charge in [0.1, 0.15) is 28.5 Å². The van der Waals surface area contributed by atoms with Crippen LogP contribution in [0.1, 0.15) is 37.3 Å². The van der Waals surface area contributed by atoms with Crippen molar-refractivity contribution in [3.05, 3.63) is 94.6 Å². The second-order valence-corrected chi connectivity index (χ2v) is 10.7. The topological polar surface area (TPSA) is 167 Å². The van der Waals surface area contributed by atoms with Crippen LogP contribution < -0.4 is 21.3 Å². The van der Waals surface area contributed by atoms with Crippen molar-refractivity contribution in [1.82, 2.24) is 20.9 Å². The molecule has 3 atom stereocenters. The van der Waals surface area contributed by atoms with Gasteiger partial charge < -0.3 is 26.4 Å². The van der Waals surface area contributed by atoms with Gasteiger partial charge in [0, 0.05) is 19.3 Å². The van der Waals surface area contributed by atoms with Gasteiger partial charge in [-0.3, -0.25) is 24.0 Å². The number of benzene rings is 2. The Labute approximate surface area is 258 Å². The molecule has 0 fully saturated rings. The highest BCUT2D eigenvalue weighted by Gasteiger charge is 2.29. The minimum Gasteiger partial charge on any atom is -0.481 e. The summed E-state index contributed by atoms with van der Waals surface area (Å²) in [7, 11) is 0. The molecule has 0 spiro atoms. The van der Waals surface area contributed by atoms with E-state index in [1.54, 1.807) is 42.5 Å². The third kappa shape index (κ3) is 11.7. The Morgan fingerprint density at radius 1 is 0.744 bits per heavy atom. The highest BCUT2D eigenvalue weighted by atomic mass is 79.9. The predicted octanol–water partition coefficient (Wildman–Crippen LogP) is 3.00.